The number of aryl methyl sites for hydroxylation is 1. The lowest BCUT2D eigenvalue weighted by Gasteiger charge is -2.30. The maximum absolute atomic E-state index is 14.0. The number of hydrogen-bond donors (Lipinski definition) is 4. The molecule has 0 unspecified atom stereocenters. The number of carbonyl (C=O) groups excluding carboxylic acids is 3. The Morgan fingerprint density at radius 2 is 1.59 bits per heavy atom. The summed E-state index contributed by atoms with van der Waals surface area (Å²) in [5, 5.41) is 12.0. The molecule has 0 saturated carbocycles. The molecule has 0 spiro atoms. The van der Waals surface area contributed by atoms with E-state index in [0.717, 1.165) is 29.7 Å². The van der Waals surface area contributed by atoms with Gasteiger partial charge in [0.2, 0.25) is 5.91 Å². The van der Waals surface area contributed by atoms with Gasteiger partial charge in [0.05, 0.1) is 25.9 Å². The molecule has 3 aromatic carbocycles. The summed E-state index contributed by atoms with van der Waals surface area (Å²) in [7, 11) is 5.16. The van der Waals surface area contributed by atoms with E-state index in [-0.39, 0.29) is 24.7 Å². The molecule has 0 radical (unpaired) electrons. The van der Waals surface area contributed by atoms with E-state index in [1.165, 1.54) is 7.11 Å². The van der Waals surface area contributed by atoms with Crippen molar-refractivity contribution in [2.24, 2.45) is 0 Å². The molecule has 1 fully saturated rings. The molecule has 246 valence electrons. The topological polar surface area (TPSA) is 130 Å². The smallest absolute Gasteiger partial charge is 0.407 e. The van der Waals surface area contributed by atoms with Crippen LogP contribution < -0.4 is 21.3 Å². The molecule has 11 heteroatoms. The van der Waals surface area contributed by atoms with Gasteiger partial charge in [-0.3, -0.25) is 4.79 Å². The van der Waals surface area contributed by atoms with Crippen LogP contribution in [0.4, 0.5) is 15.3 Å². The highest BCUT2D eigenvalue weighted by atomic mass is 16.6. The summed E-state index contributed by atoms with van der Waals surface area (Å²) in [6.45, 7) is 2.53. The third-order valence-corrected chi connectivity index (χ3v) is 7.81. The van der Waals surface area contributed by atoms with Gasteiger partial charge in [0.1, 0.15) is 12.6 Å². The molecule has 46 heavy (non-hydrogen) atoms. The first-order chi connectivity index (χ1) is 22.3. The fourth-order valence-electron chi connectivity index (χ4n) is 5.34. The molecular weight excluding hydrogens is 586 g/mol. The van der Waals surface area contributed by atoms with Crippen molar-refractivity contribution in [3.63, 3.8) is 0 Å². The number of amides is 3. The number of rotatable bonds is 14. The summed E-state index contributed by atoms with van der Waals surface area (Å²) in [4.78, 5) is 40.4. The molecule has 3 aromatic rings. The van der Waals surface area contributed by atoms with Crippen LogP contribution in [0.25, 0.3) is 0 Å². The van der Waals surface area contributed by atoms with E-state index in [2.05, 4.69) is 21.3 Å². The van der Waals surface area contributed by atoms with E-state index >= 15 is 0 Å². The highest BCUT2D eigenvalue weighted by Crippen LogP contribution is 2.30. The van der Waals surface area contributed by atoms with Crippen LogP contribution in [-0.2, 0) is 25.4 Å². The molecular formula is C35H45N5O6. The van der Waals surface area contributed by atoms with Gasteiger partial charge in [0, 0.05) is 31.2 Å². The van der Waals surface area contributed by atoms with Crippen LogP contribution in [0.2, 0.25) is 0 Å². The number of nitrogens with zero attached hydrogens (tertiary/aromatic N) is 1. The van der Waals surface area contributed by atoms with Crippen LogP contribution in [0.1, 0.15) is 29.0 Å². The number of likely N-dealkylation sites (N-methyl/N-ethyl adjacent to an activating group) is 1. The van der Waals surface area contributed by atoms with E-state index < -0.39 is 24.1 Å². The van der Waals surface area contributed by atoms with Crippen LogP contribution in [0.3, 0.4) is 0 Å². The van der Waals surface area contributed by atoms with Crippen molar-refractivity contribution in [3.05, 3.63) is 102 Å². The molecule has 3 amide bonds. The summed E-state index contributed by atoms with van der Waals surface area (Å²) in [5.41, 5.74) is 3.38. The van der Waals surface area contributed by atoms with Crippen molar-refractivity contribution in [1.29, 1.82) is 0 Å². The van der Waals surface area contributed by atoms with Gasteiger partial charge in [-0.05, 0) is 49.7 Å². The number of methoxy groups -OCH3 is 1. The lowest BCUT2D eigenvalue weighted by atomic mass is 9.84. The molecule has 4 N–H and O–H groups in total. The second-order valence-electron chi connectivity index (χ2n) is 11.5. The van der Waals surface area contributed by atoms with Gasteiger partial charge in [-0.25, -0.2) is 9.59 Å². The molecule has 0 bridgehead atoms. The van der Waals surface area contributed by atoms with Crippen molar-refractivity contribution < 1.29 is 28.6 Å². The zero-order valence-corrected chi connectivity index (χ0v) is 26.7. The highest BCUT2D eigenvalue weighted by Gasteiger charge is 2.33. The fourth-order valence-corrected chi connectivity index (χ4v) is 5.34. The molecule has 0 aromatic heterocycles. The van der Waals surface area contributed by atoms with Gasteiger partial charge in [-0.2, -0.15) is 0 Å². The summed E-state index contributed by atoms with van der Waals surface area (Å²) in [6, 6.07) is 25.9. The van der Waals surface area contributed by atoms with E-state index in [1.807, 2.05) is 104 Å². The van der Waals surface area contributed by atoms with Crippen molar-refractivity contribution in [3.8, 4) is 0 Å². The fraction of sp³-hybridized carbons (Fsp3) is 0.400. The Morgan fingerprint density at radius 3 is 2.20 bits per heavy atom. The van der Waals surface area contributed by atoms with E-state index in [9.17, 15) is 14.4 Å². The standard InChI is InChI=1S/C35H45N5O6/c1-40(2)21-20-36-34(42)46-24-28-23-45-29(22-37-28)19-18-25-12-10-11-17-30(25)38-33(41)32(39-35(43)44-3)31(26-13-6-4-7-14-26)27-15-8-5-9-16-27/h4-17,28-29,31-32,37H,18-24H2,1-3H3,(H,36,42)(H,38,41)(H,39,43)/t28-,29+,32-/m0/s1. The Kier molecular flexibility index (Phi) is 13.4. The number of alkyl carbamates (subject to hydrolysis) is 2. The normalized spacial score (nSPS) is 16.8. The van der Waals surface area contributed by atoms with Crippen molar-refractivity contribution >= 4 is 23.8 Å². The molecule has 1 heterocycles. The van der Waals surface area contributed by atoms with E-state index in [0.29, 0.717) is 31.8 Å². The number of para-hydroxylation sites is 1. The monoisotopic (exact) mass is 631 g/mol. The largest absolute Gasteiger partial charge is 0.453 e. The zero-order valence-electron chi connectivity index (χ0n) is 26.7. The number of hydrogen-bond acceptors (Lipinski definition) is 8. The van der Waals surface area contributed by atoms with Gasteiger partial charge >= 0.3 is 12.2 Å². The Morgan fingerprint density at radius 1 is 0.935 bits per heavy atom. The highest BCUT2D eigenvalue weighted by molar-refractivity contribution is 5.98. The lowest BCUT2D eigenvalue weighted by Crippen LogP contribution is -2.49. The zero-order chi connectivity index (χ0) is 32.7. The molecule has 11 nitrogen and oxygen atoms in total. The lowest BCUT2D eigenvalue weighted by molar-refractivity contribution is -0.118. The van der Waals surface area contributed by atoms with E-state index in [4.69, 9.17) is 14.2 Å². The molecule has 0 aliphatic carbocycles. The average Bonchev–Trinajstić information content (AvgIpc) is 3.07. The predicted octanol–water partition coefficient (Wildman–Crippen LogP) is 3.76. The molecule has 4 rings (SSSR count). The minimum absolute atomic E-state index is 0.0387. The number of benzene rings is 3. The summed E-state index contributed by atoms with van der Waals surface area (Å²) in [6.07, 6.45) is 0.212. The van der Waals surface area contributed by atoms with Crippen LogP contribution in [-0.4, -0.2) is 95.2 Å². The number of anilines is 1. The molecule has 3 atom stereocenters. The minimum atomic E-state index is -0.953. The van der Waals surface area contributed by atoms with Crippen LogP contribution in [0, 0.1) is 0 Å². The van der Waals surface area contributed by atoms with Gasteiger partial charge in [0.15, 0.2) is 0 Å². The first-order valence-electron chi connectivity index (χ1n) is 15.6. The maximum Gasteiger partial charge on any atom is 0.407 e. The third-order valence-electron chi connectivity index (χ3n) is 7.81. The van der Waals surface area contributed by atoms with Crippen LogP contribution in [0.15, 0.2) is 84.9 Å². The van der Waals surface area contributed by atoms with Gasteiger partial charge in [-0.15, -0.1) is 0 Å². The first kappa shape index (κ1) is 34.4. The summed E-state index contributed by atoms with van der Waals surface area (Å²) in [5.74, 6) is -0.823. The SMILES string of the molecule is COC(=O)N[C@H](C(=O)Nc1ccccc1CC[C@@H]1CN[C@H](COC(=O)NCCN(C)C)CO1)C(c1ccccc1)c1ccccc1. The Hall–Kier alpha value is -4.45. The van der Waals surface area contributed by atoms with Crippen molar-refractivity contribution in [1.82, 2.24) is 20.9 Å². The average molecular weight is 632 g/mol. The van der Waals surface area contributed by atoms with Crippen molar-refractivity contribution in [2.45, 2.75) is 36.9 Å². The number of nitrogens with one attached hydrogen (secondary N) is 4. The Labute approximate surface area is 271 Å². The number of carbonyl (C=O) groups is 3. The predicted molar refractivity (Wildman–Crippen MR) is 177 cm³/mol. The van der Waals surface area contributed by atoms with Gasteiger partial charge in [0.25, 0.3) is 0 Å². The van der Waals surface area contributed by atoms with Gasteiger partial charge < -0.3 is 40.4 Å². The number of ether oxygens (including phenoxy) is 3. The Balaban J connectivity index is 1.37. The van der Waals surface area contributed by atoms with Crippen molar-refractivity contribution in [2.75, 3.05) is 59.4 Å². The second-order valence-corrected chi connectivity index (χ2v) is 11.5. The molecule has 1 aliphatic rings. The third kappa shape index (κ3) is 10.6. The Bertz CT molecular complexity index is 1340. The quantitative estimate of drug-likeness (QED) is 0.212. The minimum Gasteiger partial charge on any atom is -0.453 e. The maximum atomic E-state index is 14.0. The van der Waals surface area contributed by atoms with Crippen LogP contribution >= 0.6 is 0 Å². The van der Waals surface area contributed by atoms with Gasteiger partial charge in [-0.1, -0.05) is 78.9 Å². The molecule has 1 saturated heterocycles. The second kappa shape index (κ2) is 17.9. The molecule has 1 aliphatic heterocycles. The summed E-state index contributed by atoms with van der Waals surface area (Å²) >= 11 is 0. The summed E-state index contributed by atoms with van der Waals surface area (Å²) < 4.78 is 16.3. The van der Waals surface area contributed by atoms with Crippen LogP contribution in [0.5, 0.6) is 0 Å². The first-order valence-corrected chi connectivity index (χ1v) is 15.6. The number of morpholine rings is 1. The van der Waals surface area contributed by atoms with E-state index in [1.54, 1.807) is 0 Å².